The normalized spacial score (nSPS) is 15.2. The molecule has 2 heterocycles. The van der Waals surface area contributed by atoms with Crippen LogP contribution in [0, 0.1) is 17.0 Å². The monoisotopic (exact) mass is 392 g/mol. The molecule has 138 valence electrons. The molecule has 26 heavy (non-hydrogen) atoms. The van der Waals surface area contributed by atoms with Crippen LogP contribution >= 0.6 is 23.1 Å². The SMILES string of the molecule is CSc1ccc(C(=O)N2CCN(Cc3csc(C)n3)CC2)cc1[N+](=O)[O-]. The lowest BCUT2D eigenvalue weighted by atomic mass is 10.1. The third-order valence-corrected chi connectivity index (χ3v) is 5.94. The highest BCUT2D eigenvalue weighted by molar-refractivity contribution is 7.98. The van der Waals surface area contributed by atoms with Crippen molar-refractivity contribution in [2.24, 2.45) is 0 Å². The van der Waals surface area contributed by atoms with E-state index in [0.29, 0.717) is 23.5 Å². The summed E-state index contributed by atoms with van der Waals surface area (Å²) in [6, 6.07) is 4.71. The van der Waals surface area contributed by atoms with Gasteiger partial charge in [0.05, 0.1) is 20.5 Å². The molecule has 0 aliphatic carbocycles. The van der Waals surface area contributed by atoms with Crippen LogP contribution in [-0.2, 0) is 6.54 Å². The molecule has 0 bridgehead atoms. The van der Waals surface area contributed by atoms with E-state index in [1.165, 1.54) is 17.8 Å². The van der Waals surface area contributed by atoms with Crippen molar-refractivity contribution in [2.75, 3.05) is 32.4 Å². The zero-order valence-corrected chi connectivity index (χ0v) is 16.3. The summed E-state index contributed by atoms with van der Waals surface area (Å²) in [5.74, 6) is -0.148. The summed E-state index contributed by atoms with van der Waals surface area (Å²) >= 11 is 2.95. The van der Waals surface area contributed by atoms with Gasteiger partial charge in [-0.25, -0.2) is 4.98 Å². The highest BCUT2D eigenvalue weighted by atomic mass is 32.2. The van der Waals surface area contributed by atoms with Gasteiger partial charge >= 0.3 is 0 Å². The number of nitro benzene ring substituents is 1. The van der Waals surface area contributed by atoms with Crippen molar-refractivity contribution in [3.8, 4) is 0 Å². The first-order valence-electron chi connectivity index (χ1n) is 8.23. The van der Waals surface area contributed by atoms with Crippen molar-refractivity contribution in [3.05, 3.63) is 50.0 Å². The maximum Gasteiger partial charge on any atom is 0.283 e. The Morgan fingerprint density at radius 3 is 2.65 bits per heavy atom. The molecule has 1 aliphatic rings. The van der Waals surface area contributed by atoms with Gasteiger partial charge in [-0.05, 0) is 25.3 Å². The molecule has 0 radical (unpaired) electrons. The largest absolute Gasteiger partial charge is 0.336 e. The molecule has 0 saturated carbocycles. The number of benzene rings is 1. The van der Waals surface area contributed by atoms with Crippen LogP contribution in [0.15, 0.2) is 28.5 Å². The molecule has 1 aliphatic heterocycles. The maximum atomic E-state index is 12.7. The van der Waals surface area contributed by atoms with Gasteiger partial charge in [-0.15, -0.1) is 23.1 Å². The minimum atomic E-state index is -0.434. The van der Waals surface area contributed by atoms with Crippen molar-refractivity contribution < 1.29 is 9.72 Å². The van der Waals surface area contributed by atoms with Crippen molar-refractivity contribution in [2.45, 2.75) is 18.4 Å². The van der Waals surface area contributed by atoms with Crippen LogP contribution in [0.5, 0.6) is 0 Å². The van der Waals surface area contributed by atoms with E-state index in [1.807, 2.05) is 6.92 Å². The van der Waals surface area contributed by atoms with E-state index in [1.54, 1.807) is 34.6 Å². The quantitative estimate of drug-likeness (QED) is 0.442. The number of hydrogen-bond acceptors (Lipinski definition) is 7. The van der Waals surface area contributed by atoms with E-state index in [-0.39, 0.29) is 11.6 Å². The fourth-order valence-electron chi connectivity index (χ4n) is 2.97. The zero-order chi connectivity index (χ0) is 18.7. The van der Waals surface area contributed by atoms with Gasteiger partial charge in [-0.3, -0.25) is 19.8 Å². The second-order valence-corrected chi connectivity index (χ2v) is 7.98. The Labute approximate surface area is 160 Å². The topological polar surface area (TPSA) is 79.6 Å². The Morgan fingerprint density at radius 1 is 1.35 bits per heavy atom. The van der Waals surface area contributed by atoms with Gasteiger partial charge in [0.1, 0.15) is 0 Å². The summed E-state index contributed by atoms with van der Waals surface area (Å²) in [6.07, 6.45) is 1.78. The summed E-state index contributed by atoms with van der Waals surface area (Å²) in [5, 5.41) is 14.3. The summed E-state index contributed by atoms with van der Waals surface area (Å²) < 4.78 is 0. The van der Waals surface area contributed by atoms with Gasteiger partial charge in [0.15, 0.2) is 0 Å². The van der Waals surface area contributed by atoms with Gasteiger partial charge in [-0.1, -0.05) is 0 Å². The number of thiazole rings is 1. The van der Waals surface area contributed by atoms with Crippen LogP contribution in [-0.4, -0.2) is 58.0 Å². The number of carbonyl (C=O) groups is 1. The highest BCUT2D eigenvalue weighted by Gasteiger charge is 2.24. The molecule has 3 rings (SSSR count). The molecule has 9 heteroatoms. The first-order valence-corrected chi connectivity index (χ1v) is 10.3. The number of nitro groups is 1. The van der Waals surface area contributed by atoms with Crippen LogP contribution in [0.2, 0.25) is 0 Å². The molecule has 0 N–H and O–H groups in total. The van der Waals surface area contributed by atoms with Crippen molar-refractivity contribution >= 4 is 34.7 Å². The smallest absolute Gasteiger partial charge is 0.283 e. The molecule has 0 unspecified atom stereocenters. The first-order chi connectivity index (χ1) is 12.5. The first kappa shape index (κ1) is 18.8. The molecule has 1 aromatic carbocycles. The lowest BCUT2D eigenvalue weighted by Gasteiger charge is -2.34. The Kier molecular flexibility index (Phi) is 5.90. The van der Waals surface area contributed by atoms with Crippen molar-refractivity contribution in [3.63, 3.8) is 0 Å². The molecular weight excluding hydrogens is 372 g/mol. The van der Waals surface area contributed by atoms with E-state index in [9.17, 15) is 14.9 Å². The number of rotatable bonds is 5. The third kappa shape index (κ3) is 4.22. The second-order valence-electron chi connectivity index (χ2n) is 6.07. The lowest BCUT2D eigenvalue weighted by Crippen LogP contribution is -2.48. The van der Waals surface area contributed by atoms with Gasteiger partial charge in [0.2, 0.25) is 0 Å². The number of aryl methyl sites for hydroxylation is 1. The van der Waals surface area contributed by atoms with E-state index >= 15 is 0 Å². The second kappa shape index (κ2) is 8.15. The molecule has 7 nitrogen and oxygen atoms in total. The summed E-state index contributed by atoms with van der Waals surface area (Å²) in [6.45, 7) is 5.55. The number of nitrogens with zero attached hydrogens (tertiary/aromatic N) is 4. The molecule has 0 atom stereocenters. The van der Waals surface area contributed by atoms with E-state index in [2.05, 4.69) is 15.3 Å². The number of hydrogen-bond donors (Lipinski definition) is 0. The fourth-order valence-corrected chi connectivity index (χ4v) is 4.12. The van der Waals surface area contributed by atoms with Crippen LogP contribution in [0.3, 0.4) is 0 Å². The standard InChI is InChI=1S/C17H20N4O3S2/c1-12-18-14(11-26-12)10-19-5-7-20(8-6-19)17(22)13-3-4-16(25-2)15(9-13)21(23)24/h3-4,9,11H,5-8,10H2,1-2H3. The fraction of sp³-hybridized carbons (Fsp3) is 0.412. The van der Waals surface area contributed by atoms with Crippen LogP contribution in [0.4, 0.5) is 5.69 Å². The molecule has 0 spiro atoms. The average molecular weight is 393 g/mol. The van der Waals surface area contributed by atoms with Gasteiger partial charge in [0, 0.05) is 49.7 Å². The molecular formula is C17H20N4O3S2. The lowest BCUT2D eigenvalue weighted by molar-refractivity contribution is -0.387. The van der Waals surface area contributed by atoms with Crippen LogP contribution in [0.1, 0.15) is 21.1 Å². The van der Waals surface area contributed by atoms with Gasteiger partial charge in [0.25, 0.3) is 11.6 Å². The summed E-state index contributed by atoms with van der Waals surface area (Å²) in [5.41, 5.74) is 1.43. The number of amides is 1. The Balaban J connectivity index is 1.63. The number of piperazine rings is 1. The van der Waals surface area contributed by atoms with E-state index in [4.69, 9.17) is 0 Å². The van der Waals surface area contributed by atoms with Gasteiger partial charge < -0.3 is 4.90 Å². The molecule has 1 aromatic heterocycles. The summed E-state index contributed by atoms with van der Waals surface area (Å²) in [7, 11) is 0. The number of aromatic nitrogens is 1. The van der Waals surface area contributed by atoms with E-state index in [0.717, 1.165) is 30.3 Å². The molecule has 1 fully saturated rings. The highest BCUT2D eigenvalue weighted by Crippen LogP contribution is 2.28. The van der Waals surface area contributed by atoms with Crippen molar-refractivity contribution in [1.29, 1.82) is 0 Å². The van der Waals surface area contributed by atoms with Gasteiger partial charge in [-0.2, -0.15) is 0 Å². The minimum Gasteiger partial charge on any atom is -0.336 e. The molecule has 2 aromatic rings. The Bertz CT molecular complexity index is 816. The average Bonchev–Trinajstić information content (AvgIpc) is 3.06. The Morgan fingerprint density at radius 2 is 2.08 bits per heavy atom. The van der Waals surface area contributed by atoms with Crippen molar-refractivity contribution in [1.82, 2.24) is 14.8 Å². The summed E-state index contributed by atoms with van der Waals surface area (Å²) in [4.78, 5) is 32.6. The third-order valence-electron chi connectivity index (χ3n) is 4.33. The number of carbonyl (C=O) groups excluding carboxylic acids is 1. The molecule has 1 saturated heterocycles. The maximum absolute atomic E-state index is 12.7. The Hall–Kier alpha value is -1.97. The molecule has 1 amide bonds. The zero-order valence-electron chi connectivity index (χ0n) is 14.7. The predicted octanol–water partition coefficient (Wildman–Crippen LogP) is 3.04. The number of thioether (sulfide) groups is 1. The van der Waals surface area contributed by atoms with E-state index < -0.39 is 4.92 Å². The predicted molar refractivity (Wildman–Crippen MR) is 103 cm³/mol. The van der Waals surface area contributed by atoms with Crippen LogP contribution < -0.4 is 0 Å². The van der Waals surface area contributed by atoms with Crippen LogP contribution in [0.25, 0.3) is 0 Å². The minimum absolute atomic E-state index is 0.0131.